The maximum Gasteiger partial charge on any atom is 0.257 e. The van der Waals surface area contributed by atoms with Gasteiger partial charge in [0.1, 0.15) is 5.75 Å². The smallest absolute Gasteiger partial charge is 0.257 e. The summed E-state index contributed by atoms with van der Waals surface area (Å²) < 4.78 is 10.6. The molecule has 1 amide bonds. The Morgan fingerprint density at radius 2 is 1.96 bits per heavy atom. The van der Waals surface area contributed by atoms with E-state index in [1.165, 1.54) is 11.1 Å². The van der Waals surface area contributed by atoms with Crippen LogP contribution in [0, 0.1) is 6.92 Å². The summed E-state index contributed by atoms with van der Waals surface area (Å²) >= 11 is 0. The lowest BCUT2D eigenvalue weighted by atomic mass is 10.1. The fraction of sp³-hybridized carbons (Fsp3) is 0.286. The minimum Gasteiger partial charge on any atom is -0.497 e. The topological polar surface area (TPSA) is 68.5 Å². The van der Waals surface area contributed by atoms with Gasteiger partial charge in [0.15, 0.2) is 5.82 Å². The van der Waals surface area contributed by atoms with E-state index in [1.807, 2.05) is 41.3 Å². The molecule has 138 valence electrons. The molecule has 0 saturated carbocycles. The highest BCUT2D eigenvalue weighted by Gasteiger charge is 2.33. The van der Waals surface area contributed by atoms with E-state index < -0.39 is 0 Å². The molecule has 0 radical (unpaired) electrons. The number of likely N-dealkylation sites (tertiary alicyclic amines) is 1. The Bertz CT molecular complexity index is 949. The summed E-state index contributed by atoms with van der Waals surface area (Å²) in [6.45, 7) is 3.29. The first-order valence-corrected chi connectivity index (χ1v) is 8.94. The van der Waals surface area contributed by atoms with Gasteiger partial charge in [-0.05, 0) is 42.3 Å². The summed E-state index contributed by atoms with van der Waals surface area (Å²) in [5.74, 6) is 1.89. The highest BCUT2D eigenvalue weighted by atomic mass is 16.5. The minimum atomic E-state index is -0.0442. The molecule has 2 heterocycles. The molecule has 4 rings (SSSR count). The Balaban J connectivity index is 1.47. The van der Waals surface area contributed by atoms with Gasteiger partial charge in [0.05, 0.1) is 7.11 Å². The van der Waals surface area contributed by atoms with Crippen molar-refractivity contribution in [1.29, 1.82) is 0 Å². The SMILES string of the molecule is COc1ccc(-c2nc(C3CC(=O)N(Cc4ccccc4C)C3)no2)cc1. The van der Waals surface area contributed by atoms with Crippen molar-refractivity contribution in [2.75, 3.05) is 13.7 Å². The van der Waals surface area contributed by atoms with Crippen LogP contribution in [0.1, 0.15) is 29.3 Å². The van der Waals surface area contributed by atoms with Crippen LogP contribution >= 0.6 is 0 Å². The Morgan fingerprint density at radius 3 is 2.70 bits per heavy atom. The van der Waals surface area contributed by atoms with E-state index in [9.17, 15) is 4.79 Å². The number of amides is 1. The van der Waals surface area contributed by atoms with Crippen LogP contribution in [0.4, 0.5) is 0 Å². The number of carbonyl (C=O) groups is 1. The molecule has 1 fully saturated rings. The fourth-order valence-corrected chi connectivity index (χ4v) is 3.34. The van der Waals surface area contributed by atoms with Crippen molar-refractivity contribution in [1.82, 2.24) is 15.0 Å². The Labute approximate surface area is 157 Å². The summed E-state index contributed by atoms with van der Waals surface area (Å²) in [7, 11) is 1.62. The predicted molar refractivity (Wildman–Crippen MR) is 100 cm³/mol. The van der Waals surface area contributed by atoms with Gasteiger partial charge < -0.3 is 14.2 Å². The van der Waals surface area contributed by atoms with Gasteiger partial charge in [-0.1, -0.05) is 29.4 Å². The maximum absolute atomic E-state index is 12.4. The van der Waals surface area contributed by atoms with Crippen molar-refractivity contribution in [3.63, 3.8) is 0 Å². The van der Waals surface area contributed by atoms with Crippen molar-refractivity contribution < 1.29 is 14.1 Å². The highest BCUT2D eigenvalue weighted by Crippen LogP contribution is 2.30. The molecule has 2 aromatic carbocycles. The van der Waals surface area contributed by atoms with Crippen molar-refractivity contribution in [2.45, 2.75) is 25.8 Å². The molecule has 3 aromatic rings. The normalized spacial score (nSPS) is 16.7. The summed E-state index contributed by atoms with van der Waals surface area (Å²) in [6, 6.07) is 15.6. The zero-order chi connectivity index (χ0) is 18.8. The van der Waals surface area contributed by atoms with Crippen LogP contribution in [0.15, 0.2) is 53.1 Å². The molecule has 0 bridgehead atoms. The van der Waals surface area contributed by atoms with E-state index in [-0.39, 0.29) is 11.8 Å². The largest absolute Gasteiger partial charge is 0.497 e. The van der Waals surface area contributed by atoms with Gasteiger partial charge in [-0.15, -0.1) is 0 Å². The summed E-state index contributed by atoms with van der Waals surface area (Å²) in [6.07, 6.45) is 0.410. The molecule has 1 saturated heterocycles. The van der Waals surface area contributed by atoms with E-state index in [4.69, 9.17) is 9.26 Å². The summed E-state index contributed by atoms with van der Waals surface area (Å²) in [5.41, 5.74) is 3.18. The summed E-state index contributed by atoms with van der Waals surface area (Å²) in [4.78, 5) is 18.8. The molecule has 27 heavy (non-hydrogen) atoms. The lowest BCUT2D eigenvalue weighted by Crippen LogP contribution is -2.24. The van der Waals surface area contributed by atoms with Crippen LogP contribution in [0.3, 0.4) is 0 Å². The second-order valence-electron chi connectivity index (χ2n) is 6.79. The number of hydrogen-bond acceptors (Lipinski definition) is 5. The first-order valence-electron chi connectivity index (χ1n) is 8.94. The van der Waals surface area contributed by atoms with Crippen LogP contribution < -0.4 is 4.74 Å². The van der Waals surface area contributed by atoms with Gasteiger partial charge in [0, 0.05) is 31.0 Å². The minimum absolute atomic E-state index is 0.0442. The molecule has 1 aliphatic rings. The van der Waals surface area contributed by atoms with Gasteiger partial charge in [0.25, 0.3) is 5.89 Å². The van der Waals surface area contributed by atoms with Gasteiger partial charge in [-0.25, -0.2) is 0 Å². The number of aryl methyl sites for hydroxylation is 1. The van der Waals surface area contributed by atoms with Crippen LogP contribution in [-0.2, 0) is 11.3 Å². The van der Waals surface area contributed by atoms with Gasteiger partial charge >= 0.3 is 0 Å². The number of benzene rings is 2. The van der Waals surface area contributed by atoms with Crippen LogP contribution in [0.25, 0.3) is 11.5 Å². The number of aromatic nitrogens is 2. The number of hydrogen-bond donors (Lipinski definition) is 0. The van der Waals surface area contributed by atoms with E-state index in [0.29, 0.717) is 31.2 Å². The molecule has 6 heteroatoms. The second-order valence-corrected chi connectivity index (χ2v) is 6.79. The molecule has 0 N–H and O–H groups in total. The van der Waals surface area contributed by atoms with Crippen molar-refractivity contribution >= 4 is 5.91 Å². The molecule has 1 aromatic heterocycles. The fourth-order valence-electron chi connectivity index (χ4n) is 3.34. The third-order valence-corrected chi connectivity index (χ3v) is 4.98. The van der Waals surface area contributed by atoms with Crippen LogP contribution in [0.5, 0.6) is 5.75 Å². The summed E-state index contributed by atoms with van der Waals surface area (Å²) in [5, 5.41) is 4.11. The predicted octanol–water partition coefficient (Wildman–Crippen LogP) is 3.57. The Morgan fingerprint density at radius 1 is 1.19 bits per heavy atom. The van der Waals surface area contributed by atoms with E-state index in [2.05, 4.69) is 29.2 Å². The molecule has 0 spiro atoms. The van der Waals surface area contributed by atoms with E-state index >= 15 is 0 Å². The Kier molecular flexibility index (Phi) is 4.62. The highest BCUT2D eigenvalue weighted by molar-refractivity contribution is 5.79. The van der Waals surface area contributed by atoms with E-state index in [1.54, 1.807) is 7.11 Å². The third-order valence-electron chi connectivity index (χ3n) is 4.98. The zero-order valence-electron chi connectivity index (χ0n) is 15.4. The van der Waals surface area contributed by atoms with Crippen molar-refractivity contribution in [3.05, 3.63) is 65.5 Å². The van der Waals surface area contributed by atoms with Crippen molar-refractivity contribution in [3.8, 4) is 17.2 Å². The van der Waals surface area contributed by atoms with Gasteiger partial charge in [-0.2, -0.15) is 4.98 Å². The average Bonchev–Trinajstić information content (AvgIpc) is 3.31. The van der Waals surface area contributed by atoms with Gasteiger partial charge in [-0.3, -0.25) is 4.79 Å². The maximum atomic E-state index is 12.4. The Hall–Kier alpha value is -3.15. The standard InChI is InChI=1S/C21H21N3O3/c1-14-5-3-4-6-16(14)12-24-13-17(11-19(24)25)20-22-21(27-23-20)15-7-9-18(26-2)10-8-15/h3-10,17H,11-13H2,1-2H3. The number of ether oxygens (including phenoxy) is 1. The van der Waals surface area contributed by atoms with Crippen LogP contribution in [-0.4, -0.2) is 34.6 Å². The first kappa shape index (κ1) is 17.3. The molecular weight excluding hydrogens is 342 g/mol. The number of nitrogens with zero attached hydrogens (tertiary/aromatic N) is 3. The average molecular weight is 363 g/mol. The van der Waals surface area contributed by atoms with E-state index in [0.717, 1.165) is 11.3 Å². The van der Waals surface area contributed by atoms with Gasteiger partial charge in [0.2, 0.25) is 5.91 Å². The quantitative estimate of drug-likeness (QED) is 0.693. The molecule has 0 aliphatic carbocycles. The molecule has 1 atom stereocenters. The van der Waals surface area contributed by atoms with Crippen molar-refractivity contribution in [2.24, 2.45) is 0 Å². The molecule has 6 nitrogen and oxygen atoms in total. The molecule has 1 aliphatic heterocycles. The monoisotopic (exact) mass is 363 g/mol. The zero-order valence-corrected chi connectivity index (χ0v) is 15.4. The lowest BCUT2D eigenvalue weighted by Gasteiger charge is -2.17. The van der Waals surface area contributed by atoms with Crippen LogP contribution in [0.2, 0.25) is 0 Å². The lowest BCUT2D eigenvalue weighted by molar-refractivity contribution is -0.128. The molecule has 1 unspecified atom stereocenters. The second kappa shape index (κ2) is 7.23. The number of carbonyl (C=O) groups excluding carboxylic acids is 1. The number of rotatable bonds is 5. The third kappa shape index (κ3) is 3.56. The number of methoxy groups -OCH3 is 1. The first-order chi connectivity index (χ1) is 13.1. The molecular formula is C21H21N3O3.